The molecule has 2 aromatic rings. The molecule has 3 nitrogen and oxygen atoms in total. The lowest BCUT2D eigenvalue weighted by molar-refractivity contribution is 0.564. The van der Waals surface area contributed by atoms with Crippen molar-refractivity contribution in [3.8, 4) is 11.4 Å². The van der Waals surface area contributed by atoms with Gasteiger partial charge in [-0.3, -0.25) is 9.67 Å². The van der Waals surface area contributed by atoms with E-state index < -0.39 is 0 Å². The van der Waals surface area contributed by atoms with E-state index in [2.05, 4.69) is 16.3 Å². The summed E-state index contributed by atoms with van der Waals surface area (Å²) < 4.78 is 2.01. The molecular formula is C13H14ClN3. The van der Waals surface area contributed by atoms with E-state index in [-0.39, 0.29) is 0 Å². The monoisotopic (exact) mass is 247 g/mol. The number of rotatable bonds is 4. The van der Waals surface area contributed by atoms with Crippen LogP contribution >= 0.6 is 11.6 Å². The van der Waals surface area contributed by atoms with Crippen molar-refractivity contribution >= 4 is 11.6 Å². The van der Waals surface area contributed by atoms with Crippen molar-refractivity contribution in [2.45, 2.75) is 25.3 Å². The molecule has 17 heavy (non-hydrogen) atoms. The summed E-state index contributed by atoms with van der Waals surface area (Å²) in [4.78, 5) is 4.33. The standard InChI is InChI=1S/C13H14ClN3/c14-7-11-9-17(8-10-4-5-10)16-13(11)12-3-1-2-6-15-12/h1-3,6,9-10H,4-5,7-8H2. The van der Waals surface area contributed by atoms with Crippen LogP contribution in [-0.2, 0) is 12.4 Å². The number of halogens is 1. The Balaban J connectivity index is 1.94. The predicted molar refractivity (Wildman–Crippen MR) is 67.7 cm³/mol. The van der Waals surface area contributed by atoms with Crippen molar-refractivity contribution in [1.82, 2.24) is 14.8 Å². The fourth-order valence-corrected chi connectivity index (χ4v) is 2.13. The summed E-state index contributed by atoms with van der Waals surface area (Å²) >= 11 is 5.97. The molecule has 0 amide bonds. The predicted octanol–water partition coefficient (Wildman–Crippen LogP) is 3.09. The number of hydrogen-bond donors (Lipinski definition) is 0. The second kappa shape index (κ2) is 4.49. The van der Waals surface area contributed by atoms with Gasteiger partial charge >= 0.3 is 0 Å². The third-order valence-corrected chi connectivity index (χ3v) is 3.32. The fraction of sp³-hybridized carbons (Fsp3) is 0.385. The minimum atomic E-state index is 0.483. The van der Waals surface area contributed by atoms with E-state index in [1.165, 1.54) is 12.8 Å². The molecule has 0 radical (unpaired) electrons. The molecule has 0 spiro atoms. The van der Waals surface area contributed by atoms with Gasteiger partial charge in [-0.2, -0.15) is 5.10 Å². The van der Waals surface area contributed by atoms with Crippen LogP contribution in [0.15, 0.2) is 30.6 Å². The first-order valence-corrected chi connectivity index (χ1v) is 6.44. The van der Waals surface area contributed by atoms with Gasteiger partial charge in [0.2, 0.25) is 0 Å². The van der Waals surface area contributed by atoms with Crippen LogP contribution < -0.4 is 0 Å². The van der Waals surface area contributed by atoms with Gasteiger partial charge < -0.3 is 0 Å². The Kier molecular flexibility index (Phi) is 2.85. The van der Waals surface area contributed by atoms with Crippen molar-refractivity contribution in [2.75, 3.05) is 0 Å². The maximum absolute atomic E-state index is 5.97. The van der Waals surface area contributed by atoms with E-state index in [1.54, 1.807) is 6.20 Å². The fourth-order valence-electron chi connectivity index (χ4n) is 1.94. The van der Waals surface area contributed by atoms with Crippen molar-refractivity contribution in [3.05, 3.63) is 36.2 Å². The maximum Gasteiger partial charge on any atom is 0.115 e. The van der Waals surface area contributed by atoms with E-state index >= 15 is 0 Å². The molecule has 0 aliphatic heterocycles. The highest BCUT2D eigenvalue weighted by Gasteiger charge is 2.23. The quantitative estimate of drug-likeness (QED) is 0.778. The van der Waals surface area contributed by atoms with Crippen LogP contribution in [0.2, 0.25) is 0 Å². The Labute approximate surface area is 105 Å². The lowest BCUT2D eigenvalue weighted by atomic mass is 10.2. The Morgan fingerprint density at radius 3 is 2.88 bits per heavy atom. The number of nitrogens with zero attached hydrogens (tertiary/aromatic N) is 3. The molecule has 3 rings (SSSR count). The number of aromatic nitrogens is 3. The number of alkyl halides is 1. The summed E-state index contributed by atoms with van der Waals surface area (Å²) in [6, 6.07) is 5.85. The lowest BCUT2D eigenvalue weighted by Crippen LogP contribution is -2.00. The van der Waals surface area contributed by atoms with Gasteiger partial charge in [-0.25, -0.2) is 0 Å². The summed E-state index contributed by atoms with van der Waals surface area (Å²) in [5.74, 6) is 1.30. The highest BCUT2D eigenvalue weighted by Crippen LogP contribution is 2.31. The smallest absolute Gasteiger partial charge is 0.115 e. The molecule has 0 aromatic carbocycles. The third kappa shape index (κ3) is 2.34. The first-order valence-electron chi connectivity index (χ1n) is 5.90. The Morgan fingerprint density at radius 2 is 2.24 bits per heavy atom. The second-order valence-electron chi connectivity index (χ2n) is 4.52. The molecule has 0 unspecified atom stereocenters. The Bertz CT molecular complexity index is 503. The van der Waals surface area contributed by atoms with Crippen LogP contribution in [0.4, 0.5) is 0 Å². The molecule has 2 heterocycles. The minimum absolute atomic E-state index is 0.483. The van der Waals surface area contributed by atoms with Gasteiger partial charge in [-0.15, -0.1) is 11.6 Å². The van der Waals surface area contributed by atoms with Crippen LogP contribution in [-0.4, -0.2) is 14.8 Å². The van der Waals surface area contributed by atoms with Gasteiger partial charge in [0.25, 0.3) is 0 Å². The lowest BCUT2D eigenvalue weighted by Gasteiger charge is -1.98. The topological polar surface area (TPSA) is 30.7 Å². The molecular weight excluding hydrogens is 234 g/mol. The molecule has 0 atom stereocenters. The highest BCUT2D eigenvalue weighted by atomic mass is 35.5. The number of hydrogen-bond acceptors (Lipinski definition) is 2. The molecule has 1 aliphatic carbocycles. The SMILES string of the molecule is ClCc1cn(CC2CC2)nc1-c1ccccn1. The largest absolute Gasteiger partial charge is 0.271 e. The summed E-state index contributed by atoms with van der Waals surface area (Å²) in [6.07, 6.45) is 6.49. The average molecular weight is 248 g/mol. The van der Waals surface area contributed by atoms with Gasteiger partial charge in [-0.1, -0.05) is 6.07 Å². The van der Waals surface area contributed by atoms with Crippen molar-refractivity contribution < 1.29 is 0 Å². The zero-order chi connectivity index (χ0) is 11.7. The van der Waals surface area contributed by atoms with E-state index in [1.807, 2.05) is 22.9 Å². The molecule has 0 N–H and O–H groups in total. The molecule has 4 heteroatoms. The number of pyridine rings is 1. The molecule has 1 saturated carbocycles. The van der Waals surface area contributed by atoms with E-state index in [0.717, 1.165) is 29.4 Å². The maximum atomic E-state index is 5.97. The van der Waals surface area contributed by atoms with Crippen LogP contribution in [0.1, 0.15) is 18.4 Å². The highest BCUT2D eigenvalue weighted by molar-refractivity contribution is 6.17. The van der Waals surface area contributed by atoms with Crippen LogP contribution in [0.25, 0.3) is 11.4 Å². The van der Waals surface area contributed by atoms with Crippen molar-refractivity contribution in [1.29, 1.82) is 0 Å². The molecule has 0 saturated heterocycles. The van der Waals surface area contributed by atoms with Gasteiger partial charge in [0, 0.05) is 24.5 Å². The van der Waals surface area contributed by atoms with E-state index in [9.17, 15) is 0 Å². The van der Waals surface area contributed by atoms with Gasteiger partial charge in [-0.05, 0) is 30.9 Å². The second-order valence-corrected chi connectivity index (χ2v) is 4.78. The zero-order valence-corrected chi connectivity index (χ0v) is 10.3. The first-order chi connectivity index (χ1) is 8.36. The average Bonchev–Trinajstić information content (AvgIpc) is 3.08. The summed E-state index contributed by atoms with van der Waals surface area (Å²) in [5, 5.41) is 4.60. The normalized spacial score (nSPS) is 15.1. The van der Waals surface area contributed by atoms with Gasteiger partial charge in [0.1, 0.15) is 5.69 Å². The Hall–Kier alpha value is -1.35. The van der Waals surface area contributed by atoms with Crippen LogP contribution in [0.5, 0.6) is 0 Å². The minimum Gasteiger partial charge on any atom is -0.271 e. The first kappa shape index (κ1) is 10.8. The van der Waals surface area contributed by atoms with Crippen LogP contribution in [0.3, 0.4) is 0 Å². The van der Waals surface area contributed by atoms with Gasteiger partial charge in [0.15, 0.2) is 0 Å². The molecule has 2 aromatic heterocycles. The third-order valence-electron chi connectivity index (χ3n) is 3.03. The summed E-state index contributed by atoms with van der Waals surface area (Å²) in [5.41, 5.74) is 2.88. The molecule has 1 fully saturated rings. The van der Waals surface area contributed by atoms with Crippen molar-refractivity contribution in [3.63, 3.8) is 0 Å². The molecule has 1 aliphatic rings. The van der Waals surface area contributed by atoms with Gasteiger partial charge in [0.05, 0.1) is 11.6 Å². The summed E-state index contributed by atoms with van der Waals surface area (Å²) in [7, 11) is 0. The molecule has 88 valence electrons. The molecule has 0 bridgehead atoms. The zero-order valence-electron chi connectivity index (χ0n) is 9.51. The summed E-state index contributed by atoms with van der Waals surface area (Å²) in [6.45, 7) is 1.01. The Morgan fingerprint density at radius 1 is 1.35 bits per heavy atom. The van der Waals surface area contributed by atoms with E-state index in [4.69, 9.17) is 11.6 Å². The van der Waals surface area contributed by atoms with E-state index in [0.29, 0.717) is 5.88 Å². The van der Waals surface area contributed by atoms with Crippen molar-refractivity contribution in [2.24, 2.45) is 5.92 Å². The van der Waals surface area contributed by atoms with Crippen LogP contribution in [0, 0.1) is 5.92 Å².